The van der Waals surface area contributed by atoms with Crippen molar-refractivity contribution in [2.24, 2.45) is 4.99 Å². The monoisotopic (exact) mass is 259 g/mol. The van der Waals surface area contributed by atoms with E-state index in [1.54, 1.807) is 18.0 Å². The van der Waals surface area contributed by atoms with Gasteiger partial charge in [-0.25, -0.2) is 0 Å². The third-order valence-electron chi connectivity index (χ3n) is 2.76. The van der Waals surface area contributed by atoms with Crippen molar-refractivity contribution >= 4 is 16.9 Å². The van der Waals surface area contributed by atoms with E-state index in [1.165, 1.54) is 5.56 Å². The van der Waals surface area contributed by atoms with Crippen LogP contribution in [-0.2, 0) is 6.54 Å². The summed E-state index contributed by atoms with van der Waals surface area (Å²) in [5.74, 6) is 1.80. The predicted molar refractivity (Wildman–Crippen MR) is 72.4 cm³/mol. The van der Waals surface area contributed by atoms with Gasteiger partial charge in [0.05, 0.1) is 12.2 Å². The molecule has 1 aliphatic rings. The smallest absolute Gasteiger partial charge is 0.158 e. The molecule has 0 spiro atoms. The molecule has 0 amide bonds. The summed E-state index contributed by atoms with van der Waals surface area (Å²) in [6, 6.07) is 12.6. The number of thioether (sulfide) groups is 1. The van der Waals surface area contributed by atoms with E-state index in [1.807, 2.05) is 12.1 Å². The van der Waals surface area contributed by atoms with Gasteiger partial charge in [-0.05, 0) is 5.56 Å². The Morgan fingerprint density at radius 1 is 1.33 bits per heavy atom. The fraction of sp³-hybridized carbons (Fsp3) is 0.231. The van der Waals surface area contributed by atoms with Gasteiger partial charge in [0, 0.05) is 11.8 Å². The quantitative estimate of drug-likeness (QED) is 0.920. The minimum absolute atomic E-state index is 0.352. The van der Waals surface area contributed by atoms with Gasteiger partial charge in [-0.15, -0.1) is 0 Å². The van der Waals surface area contributed by atoms with Crippen molar-refractivity contribution in [3.8, 4) is 0 Å². The number of hydrogen-bond donors (Lipinski definition) is 1. The number of aliphatic imine (C=N–C) groups is 1. The zero-order valence-corrected chi connectivity index (χ0v) is 10.6. The Bertz CT molecular complexity index is 524. The van der Waals surface area contributed by atoms with Crippen molar-refractivity contribution in [2.45, 2.75) is 12.6 Å². The van der Waals surface area contributed by atoms with Crippen LogP contribution in [0.4, 0.5) is 0 Å². The van der Waals surface area contributed by atoms with Crippen LogP contribution in [0.1, 0.15) is 17.4 Å². The van der Waals surface area contributed by atoms with Crippen LogP contribution in [0.5, 0.6) is 0 Å². The lowest BCUT2D eigenvalue weighted by Crippen LogP contribution is -2.19. The van der Waals surface area contributed by atoms with Gasteiger partial charge in [-0.2, -0.15) is 0 Å². The first-order chi connectivity index (χ1) is 8.92. The van der Waals surface area contributed by atoms with Crippen molar-refractivity contribution in [2.75, 3.05) is 5.75 Å². The zero-order valence-electron chi connectivity index (χ0n) is 9.74. The second-order valence-electron chi connectivity index (χ2n) is 4.02. The van der Waals surface area contributed by atoms with E-state index in [-0.39, 0.29) is 0 Å². The molecule has 0 aliphatic carbocycles. The first-order valence-corrected chi connectivity index (χ1v) is 6.78. The molecule has 2 heterocycles. The molecule has 0 bridgehead atoms. The molecule has 5 heteroatoms. The maximum absolute atomic E-state index is 5.01. The first-order valence-electron chi connectivity index (χ1n) is 5.80. The Hall–Kier alpha value is -1.75. The molecular formula is C13H13N3OS. The average molecular weight is 259 g/mol. The summed E-state index contributed by atoms with van der Waals surface area (Å²) >= 11 is 1.74. The number of nitrogens with one attached hydrogen (secondary N) is 1. The lowest BCUT2D eigenvalue weighted by atomic mass is 10.1. The van der Waals surface area contributed by atoms with Crippen LogP contribution >= 0.6 is 11.8 Å². The van der Waals surface area contributed by atoms with Gasteiger partial charge in [-0.3, -0.25) is 4.99 Å². The molecule has 1 aliphatic heterocycles. The highest BCUT2D eigenvalue weighted by Gasteiger charge is 2.21. The molecule has 18 heavy (non-hydrogen) atoms. The summed E-state index contributed by atoms with van der Waals surface area (Å²) in [5, 5.41) is 8.05. The SMILES string of the molecule is c1ccc(C2CSC(=NCc3ccno3)N2)cc1. The number of rotatable bonds is 3. The van der Waals surface area contributed by atoms with Gasteiger partial charge >= 0.3 is 0 Å². The highest BCUT2D eigenvalue weighted by molar-refractivity contribution is 8.14. The fourth-order valence-corrected chi connectivity index (χ4v) is 2.81. The largest absolute Gasteiger partial charge is 0.359 e. The normalized spacial score (nSPS) is 21.1. The van der Waals surface area contributed by atoms with Gasteiger partial charge < -0.3 is 9.84 Å². The second-order valence-corrected chi connectivity index (χ2v) is 5.03. The molecule has 1 aromatic heterocycles. The molecule has 1 unspecified atom stereocenters. The Morgan fingerprint density at radius 2 is 2.22 bits per heavy atom. The van der Waals surface area contributed by atoms with E-state index in [2.05, 4.69) is 39.7 Å². The van der Waals surface area contributed by atoms with Crippen molar-refractivity contribution in [3.63, 3.8) is 0 Å². The molecule has 0 radical (unpaired) electrons. The van der Waals surface area contributed by atoms with Crippen LogP contribution in [-0.4, -0.2) is 16.1 Å². The summed E-state index contributed by atoms with van der Waals surface area (Å²) in [6.07, 6.45) is 1.64. The number of nitrogens with zero attached hydrogens (tertiary/aromatic N) is 2. The molecule has 3 rings (SSSR count). The minimum atomic E-state index is 0.352. The maximum atomic E-state index is 5.01. The summed E-state index contributed by atoms with van der Waals surface area (Å²) in [6.45, 7) is 0.539. The molecule has 1 aromatic carbocycles. The lowest BCUT2D eigenvalue weighted by Gasteiger charge is -2.09. The average Bonchev–Trinajstić information content (AvgIpc) is 3.09. The predicted octanol–water partition coefficient (Wildman–Crippen LogP) is 2.61. The van der Waals surface area contributed by atoms with E-state index >= 15 is 0 Å². The first kappa shape index (κ1) is 11.3. The number of aromatic nitrogens is 1. The van der Waals surface area contributed by atoms with Gasteiger partial charge in [0.25, 0.3) is 0 Å². The van der Waals surface area contributed by atoms with Gasteiger partial charge in [0.2, 0.25) is 0 Å². The Balaban J connectivity index is 1.63. The van der Waals surface area contributed by atoms with Gasteiger partial charge in [-0.1, -0.05) is 47.3 Å². The molecule has 2 aromatic rings. The van der Waals surface area contributed by atoms with Gasteiger partial charge in [0.1, 0.15) is 6.54 Å². The third kappa shape index (κ3) is 2.56. The van der Waals surface area contributed by atoms with Crippen LogP contribution in [0.2, 0.25) is 0 Å². The van der Waals surface area contributed by atoms with E-state index in [9.17, 15) is 0 Å². The maximum Gasteiger partial charge on any atom is 0.158 e. The molecule has 1 saturated heterocycles. The van der Waals surface area contributed by atoms with Crippen LogP contribution in [0.15, 0.2) is 52.1 Å². The Morgan fingerprint density at radius 3 is 3.00 bits per heavy atom. The van der Waals surface area contributed by atoms with Crippen molar-refractivity contribution in [1.29, 1.82) is 0 Å². The molecule has 1 atom stereocenters. The van der Waals surface area contributed by atoms with E-state index in [0.717, 1.165) is 16.7 Å². The molecule has 0 saturated carbocycles. The van der Waals surface area contributed by atoms with E-state index < -0.39 is 0 Å². The number of benzene rings is 1. The lowest BCUT2D eigenvalue weighted by molar-refractivity contribution is 0.385. The summed E-state index contributed by atoms with van der Waals surface area (Å²) in [5.41, 5.74) is 1.30. The fourth-order valence-electron chi connectivity index (χ4n) is 1.82. The molecule has 1 N–H and O–H groups in total. The standard InChI is InChI=1S/C13H13N3OS/c1-2-4-10(5-3-1)12-9-18-13(16-12)14-8-11-6-7-15-17-11/h1-7,12H,8-9H2,(H,14,16). The van der Waals surface area contributed by atoms with Crippen LogP contribution in [0.3, 0.4) is 0 Å². The highest BCUT2D eigenvalue weighted by Crippen LogP contribution is 2.26. The van der Waals surface area contributed by atoms with E-state index in [4.69, 9.17) is 4.52 Å². The number of hydrogen-bond acceptors (Lipinski definition) is 4. The molecular weight excluding hydrogens is 246 g/mol. The highest BCUT2D eigenvalue weighted by atomic mass is 32.2. The molecule has 1 fully saturated rings. The van der Waals surface area contributed by atoms with Crippen molar-refractivity contribution < 1.29 is 4.52 Å². The zero-order chi connectivity index (χ0) is 12.2. The second kappa shape index (κ2) is 5.27. The van der Waals surface area contributed by atoms with Gasteiger partial charge in [0.15, 0.2) is 10.9 Å². The minimum Gasteiger partial charge on any atom is -0.359 e. The van der Waals surface area contributed by atoms with Crippen LogP contribution in [0, 0.1) is 0 Å². The number of amidine groups is 1. The summed E-state index contributed by atoms with van der Waals surface area (Å²) < 4.78 is 5.01. The summed E-state index contributed by atoms with van der Waals surface area (Å²) in [7, 11) is 0. The van der Waals surface area contributed by atoms with Crippen molar-refractivity contribution in [3.05, 3.63) is 53.9 Å². The molecule has 4 nitrogen and oxygen atoms in total. The topological polar surface area (TPSA) is 50.4 Å². The van der Waals surface area contributed by atoms with E-state index in [0.29, 0.717) is 12.6 Å². The third-order valence-corrected chi connectivity index (χ3v) is 3.78. The Labute approximate surface area is 109 Å². The Kier molecular flexibility index (Phi) is 3.32. The van der Waals surface area contributed by atoms with Crippen LogP contribution in [0.25, 0.3) is 0 Å². The van der Waals surface area contributed by atoms with Crippen molar-refractivity contribution in [1.82, 2.24) is 10.5 Å². The molecule has 92 valence electrons. The summed E-state index contributed by atoms with van der Waals surface area (Å²) in [4.78, 5) is 4.48. The van der Waals surface area contributed by atoms with Crippen LogP contribution < -0.4 is 5.32 Å².